The normalized spacial score (nSPS) is 10.7. The van der Waals surface area contributed by atoms with Crippen molar-refractivity contribution in [2.24, 2.45) is 0 Å². The molecule has 4 nitrogen and oxygen atoms in total. The molecule has 0 aliphatic heterocycles. The molecule has 19 heavy (non-hydrogen) atoms. The first kappa shape index (κ1) is 13.6. The van der Waals surface area contributed by atoms with E-state index in [4.69, 9.17) is 17.3 Å². The van der Waals surface area contributed by atoms with Crippen molar-refractivity contribution in [2.45, 2.75) is 26.4 Å². The van der Waals surface area contributed by atoms with E-state index >= 15 is 0 Å². The number of hydrogen-bond acceptors (Lipinski definition) is 4. The Morgan fingerprint density at radius 1 is 1.21 bits per heavy atom. The van der Waals surface area contributed by atoms with Gasteiger partial charge in [0.1, 0.15) is 12.0 Å². The van der Waals surface area contributed by atoms with E-state index in [1.54, 1.807) is 0 Å². The van der Waals surface area contributed by atoms with Gasteiger partial charge in [0.05, 0.1) is 0 Å². The SMILES string of the molecule is CC(C)N(Cc1ccccc1)c1ncnc(Cl)c1N. The van der Waals surface area contributed by atoms with Crippen molar-refractivity contribution in [1.82, 2.24) is 9.97 Å². The van der Waals surface area contributed by atoms with Crippen LogP contribution in [0.3, 0.4) is 0 Å². The van der Waals surface area contributed by atoms with E-state index in [2.05, 4.69) is 40.8 Å². The van der Waals surface area contributed by atoms with Gasteiger partial charge in [-0.2, -0.15) is 0 Å². The minimum Gasteiger partial charge on any atom is -0.393 e. The average Bonchev–Trinajstić information content (AvgIpc) is 2.40. The quantitative estimate of drug-likeness (QED) is 0.872. The van der Waals surface area contributed by atoms with Crippen molar-refractivity contribution in [1.29, 1.82) is 0 Å². The van der Waals surface area contributed by atoms with Crippen molar-refractivity contribution in [3.63, 3.8) is 0 Å². The molecule has 100 valence electrons. The van der Waals surface area contributed by atoms with Crippen LogP contribution < -0.4 is 10.6 Å². The molecule has 0 aliphatic carbocycles. The highest BCUT2D eigenvalue weighted by Crippen LogP contribution is 2.28. The Kier molecular flexibility index (Phi) is 4.22. The molecule has 0 aliphatic rings. The molecule has 0 radical (unpaired) electrons. The average molecular weight is 277 g/mol. The number of hydrogen-bond donors (Lipinski definition) is 1. The third-order valence-corrected chi connectivity index (χ3v) is 3.21. The summed E-state index contributed by atoms with van der Waals surface area (Å²) >= 11 is 5.96. The van der Waals surface area contributed by atoms with Gasteiger partial charge in [-0.05, 0) is 19.4 Å². The molecule has 0 saturated heterocycles. The van der Waals surface area contributed by atoms with Gasteiger partial charge in [0.25, 0.3) is 0 Å². The summed E-state index contributed by atoms with van der Waals surface area (Å²) in [6.07, 6.45) is 1.44. The van der Waals surface area contributed by atoms with Gasteiger partial charge in [-0.15, -0.1) is 0 Å². The molecule has 0 fully saturated rings. The minimum atomic E-state index is 0.258. The zero-order chi connectivity index (χ0) is 13.8. The summed E-state index contributed by atoms with van der Waals surface area (Å²) in [6.45, 7) is 4.92. The third-order valence-electron chi connectivity index (χ3n) is 2.91. The van der Waals surface area contributed by atoms with Crippen LogP contribution in [0.1, 0.15) is 19.4 Å². The largest absolute Gasteiger partial charge is 0.393 e. The molecule has 0 spiro atoms. The molecule has 2 aromatic rings. The molecule has 2 rings (SSSR count). The van der Waals surface area contributed by atoms with Crippen LogP contribution >= 0.6 is 11.6 Å². The lowest BCUT2D eigenvalue weighted by atomic mass is 10.2. The van der Waals surface area contributed by atoms with Crippen LogP contribution in [-0.2, 0) is 6.54 Å². The topological polar surface area (TPSA) is 55.0 Å². The van der Waals surface area contributed by atoms with Gasteiger partial charge in [0.2, 0.25) is 0 Å². The summed E-state index contributed by atoms with van der Waals surface area (Å²) in [5.41, 5.74) is 7.60. The lowest BCUT2D eigenvalue weighted by molar-refractivity contribution is 0.672. The smallest absolute Gasteiger partial charge is 0.157 e. The minimum absolute atomic E-state index is 0.258. The number of aromatic nitrogens is 2. The lowest BCUT2D eigenvalue weighted by Crippen LogP contribution is -2.31. The van der Waals surface area contributed by atoms with Crippen LogP contribution in [0.2, 0.25) is 5.15 Å². The van der Waals surface area contributed by atoms with Crippen LogP contribution in [0.5, 0.6) is 0 Å². The second kappa shape index (κ2) is 5.89. The maximum atomic E-state index is 5.98. The molecule has 0 amide bonds. The van der Waals surface area contributed by atoms with E-state index < -0.39 is 0 Å². The second-order valence-electron chi connectivity index (χ2n) is 4.61. The molecule has 0 atom stereocenters. The Hall–Kier alpha value is -1.81. The Labute approximate surface area is 118 Å². The Morgan fingerprint density at radius 3 is 2.53 bits per heavy atom. The standard InChI is InChI=1S/C14H17ClN4/c1-10(2)19(8-11-6-4-3-5-7-11)14-12(16)13(15)17-9-18-14/h3-7,9-10H,8,16H2,1-2H3. The fourth-order valence-corrected chi connectivity index (χ4v) is 2.00. The highest BCUT2D eigenvalue weighted by molar-refractivity contribution is 6.32. The van der Waals surface area contributed by atoms with E-state index in [1.807, 2.05) is 18.2 Å². The van der Waals surface area contributed by atoms with Crippen molar-refractivity contribution < 1.29 is 0 Å². The Bertz CT molecular complexity index is 542. The highest BCUT2D eigenvalue weighted by atomic mass is 35.5. The van der Waals surface area contributed by atoms with E-state index in [-0.39, 0.29) is 6.04 Å². The predicted octanol–water partition coefficient (Wildman–Crippen LogP) is 3.13. The first-order chi connectivity index (χ1) is 9.09. The summed E-state index contributed by atoms with van der Waals surface area (Å²) in [6, 6.07) is 10.4. The molecule has 1 aromatic carbocycles. The van der Waals surface area contributed by atoms with Gasteiger partial charge in [-0.3, -0.25) is 0 Å². The van der Waals surface area contributed by atoms with Crippen molar-refractivity contribution >= 4 is 23.1 Å². The predicted molar refractivity (Wildman–Crippen MR) is 79.2 cm³/mol. The number of anilines is 2. The summed E-state index contributed by atoms with van der Waals surface area (Å²) in [7, 11) is 0. The molecule has 0 unspecified atom stereocenters. The van der Waals surface area contributed by atoms with Gasteiger partial charge in [-0.25, -0.2) is 9.97 Å². The number of halogens is 1. The van der Waals surface area contributed by atoms with Gasteiger partial charge < -0.3 is 10.6 Å². The fraction of sp³-hybridized carbons (Fsp3) is 0.286. The highest BCUT2D eigenvalue weighted by Gasteiger charge is 2.17. The van der Waals surface area contributed by atoms with Crippen molar-refractivity contribution in [3.05, 3.63) is 47.4 Å². The van der Waals surface area contributed by atoms with Crippen LogP contribution in [0.4, 0.5) is 11.5 Å². The van der Waals surface area contributed by atoms with Crippen molar-refractivity contribution in [3.8, 4) is 0 Å². The summed E-state index contributed by atoms with van der Waals surface area (Å²) in [4.78, 5) is 10.3. The maximum Gasteiger partial charge on any atom is 0.157 e. The molecule has 0 bridgehead atoms. The van der Waals surface area contributed by atoms with E-state index in [1.165, 1.54) is 11.9 Å². The van der Waals surface area contributed by atoms with Crippen molar-refractivity contribution in [2.75, 3.05) is 10.6 Å². The maximum absolute atomic E-state index is 5.98. The van der Waals surface area contributed by atoms with Crippen LogP contribution in [0.25, 0.3) is 0 Å². The van der Waals surface area contributed by atoms with Crippen LogP contribution in [-0.4, -0.2) is 16.0 Å². The molecular formula is C14H17ClN4. The number of nitrogen functional groups attached to an aromatic ring is 1. The molecule has 1 aromatic heterocycles. The van der Waals surface area contributed by atoms with Gasteiger partial charge in [0.15, 0.2) is 11.0 Å². The third kappa shape index (κ3) is 3.15. The fourth-order valence-electron chi connectivity index (χ4n) is 1.88. The molecule has 2 N–H and O–H groups in total. The van der Waals surface area contributed by atoms with E-state index in [9.17, 15) is 0 Å². The summed E-state index contributed by atoms with van der Waals surface area (Å²) in [5, 5.41) is 0.295. The number of nitrogens with zero attached hydrogens (tertiary/aromatic N) is 3. The van der Waals surface area contributed by atoms with Crippen LogP contribution in [0.15, 0.2) is 36.7 Å². The lowest BCUT2D eigenvalue weighted by Gasteiger charge is -2.29. The van der Waals surface area contributed by atoms with Gasteiger partial charge >= 0.3 is 0 Å². The monoisotopic (exact) mass is 276 g/mol. The molecule has 0 saturated carbocycles. The summed E-state index contributed by atoms with van der Waals surface area (Å²) in [5.74, 6) is 0.679. The summed E-state index contributed by atoms with van der Waals surface area (Å²) < 4.78 is 0. The number of nitrogens with two attached hydrogens (primary N) is 1. The Balaban J connectivity index is 2.33. The first-order valence-electron chi connectivity index (χ1n) is 6.16. The zero-order valence-electron chi connectivity index (χ0n) is 11.0. The molecule has 1 heterocycles. The van der Waals surface area contributed by atoms with Gasteiger partial charge in [-0.1, -0.05) is 41.9 Å². The van der Waals surface area contributed by atoms with E-state index in [0.29, 0.717) is 16.7 Å². The first-order valence-corrected chi connectivity index (χ1v) is 6.54. The zero-order valence-corrected chi connectivity index (χ0v) is 11.8. The van der Waals surface area contributed by atoms with E-state index in [0.717, 1.165) is 6.54 Å². The number of benzene rings is 1. The number of rotatable bonds is 4. The molecule has 5 heteroatoms. The van der Waals surface area contributed by atoms with Gasteiger partial charge in [0, 0.05) is 12.6 Å². The Morgan fingerprint density at radius 2 is 1.89 bits per heavy atom. The van der Waals surface area contributed by atoms with Crippen LogP contribution in [0, 0.1) is 0 Å². The second-order valence-corrected chi connectivity index (χ2v) is 4.97. The molecular weight excluding hydrogens is 260 g/mol.